The molecule has 1 amide bonds. The predicted octanol–water partition coefficient (Wildman–Crippen LogP) is 3.23. The zero-order valence-corrected chi connectivity index (χ0v) is 15.3. The number of fused-ring (bicyclic) bond motifs is 1. The standard InChI is InChI=1S/C19H24FN5O/c1-4-12(3)18(23-10-14(20)5-2)24-19(26)15-9-13-7-6-8-16(13)25(11-21)17(15)22/h5,9-11,21-22H,4,6-8H2,1-3H3,(H,24,26)/b14-5+,18-12?,21-11?,22-17?,23-10-. The van der Waals surface area contributed by atoms with Crippen LogP contribution in [0.5, 0.6) is 0 Å². The number of hydrogen-bond donors (Lipinski definition) is 3. The summed E-state index contributed by atoms with van der Waals surface area (Å²) in [6, 6.07) is 1.72. The largest absolute Gasteiger partial charge is 0.306 e. The summed E-state index contributed by atoms with van der Waals surface area (Å²) in [6.45, 7) is 5.28. The van der Waals surface area contributed by atoms with E-state index in [1.165, 1.54) is 10.6 Å². The van der Waals surface area contributed by atoms with Gasteiger partial charge in [-0.05, 0) is 56.7 Å². The number of aromatic nitrogens is 1. The van der Waals surface area contributed by atoms with Gasteiger partial charge < -0.3 is 5.32 Å². The molecular formula is C19H24FN5O. The van der Waals surface area contributed by atoms with Crippen molar-refractivity contribution in [3.8, 4) is 0 Å². The number of pyridine rings is 1. The molecule has 1 aromatic rings. The van der Waals surface area contributed by atoms with E-state index in [9.17, 15) is 9.18 Å². The van der Waals surface area contributed by atoms with Crippen molar-refractivity contribution >= 4 is 18.5 Å². The zero-order chi connectivity index (χ0) is 19.3. The van der Waals surface area contributed by atoms with Crippen LogP contribution >= 0.6 is 0 Å². The van der Waals surface area contributed by atoms with Gasteiger partial charge in [0.05, 0.1) is 18.1 Å². The normalized spacial score (nSPS) is 15.0. The summed E-state index contributed by atoms with van der Waals surface area (Å²) in [4.78, 5) is 16.8. The molecule has 0 unspecified atom stereocenters. The van der Waals surface area contributed by atoms with Gasteiger partial charge in [0.15, 0.2) is 0 Å². The summed E-state index contributed by atoms with van der Waals surface area (Å²) >= 11 is 0. The Morgan fingerprint density at radius 1 is 1.46 bits per heavy atom. The summed E-state index contributed by atoms with van der Waals surface area (Å²) in [5.74, 6) is -0.710. The minimum absolute atomic E-state index is 0.0322. The van der Waals surface area contributed by atoms with Crippen LogP contribution in [0.3, 0.4) is 0 Å². The Balaban J connectivity index is 2.41. The number of aryl methyl sites for hydroxylation is 1. The topological polar surface area (TPSA) is 94.1 Å². The van der Waals surface area contributed by atoms with Crippen LogP contribution in [0.2, 0.25) is 0 Å². The molecule has 2 rings (SSSR count). The van der Waals surface area contributed by atoms with Crippen molar-refractivity contribution in [1.82, 2.24) is 9.88 Å². The first kappa shape index (κ1) is 19.5. The minimum atomic E-state index is -0.499. The number of amides is 1. The molecule has 1 aliphatic carbocycles. The Morgan fingerprint density at radius 3 is 2.81 bits per heavy atom. The van der Waals surface area contributed by atoms with Crippen LogP contribution in [-0.4, -0.2) is 23.0 Å². The molecule has 0 atom stereocenters. The van der Waals surface area contributed by atoms with E-state index >= 15 is 0 Å². The van der Waals surface area contributed by atoms with Gasteiger partial charge >= 0.3 is 0 Å². The molecule has 7 heteroatoms. The molecule has 1 aliphatic rings. The van der Waals surface area contributed by atoms with Gasteiger partial charge in [-0.3, -0.25) is 20.2 Å². The maximum Gasteiger partial charge on any atom is 0.260 e. The third-order valence-electron chi connectivity index (χ3n) is 4.47. The molecule has 0 saturated carbocycles. The molecule has 1 aromatic heterocycles. The SMILES string of the molecule is C/C=C(F)\C=N/C(NC(=O)c1cc2c(n(C=N)c1=N)CCC2)=C(C)CC. The molecule has 0 fully saturated rings. The Labute approximate surface area is 152 Å². The fraction of sp³-hybridized carbons (Fsp3) is 0.368. The lowest BCUT2D eigenvalue weighted by Gasteiger charge is -2.13. The summed E-state index contributed by atoms with van der Waals surface area (Å²) in [5, 5.41) is 18.5. The third kappa shape index (κ3) is 4.04. The van der Waals surface area contributed by atoms with Gasteiger partial charge in [0.25, 0.3) is 5.91 Å². The maximum atomic E-state index is 13.4. The first-order valence-corrected chi connectivity index (χ1v) is 8.62. The molecule has 0 bridgehead atoms. The fourth-order valence-electron chi connectivity index (χ4n) is 2.80. The smallest absolute Gasteiger partial charge is 0.260 e. The lowest BCUT2D eigenvalue weighted by molar-refractivity contribution is 0.0962. The molecule has 0 aliphatic heterocycles. The van der Waals surface area contributed by atoms with Gasteiger partial charge in [-0.1, -0.05) is 13.0 Å². The zero-order valence-electron chi connectivity index (χ0n) is 15.3. The van der Waals surface area contributed by atoms with Crippen molar-refractivity contribution in [1.29, 1.82) is 10.8 Å². The van der Waals surface area contributed by atoms with Crippen LogP contribution in [-0.2, 0) is 12.8 Å². The summed E-state index contributed by atoms with van der Waals surface area (Å²) in [6.07, 6.45) is 6.60. The third-order valence-corrected chi connectivity index (χ3v) is 4.47. The van der Waals surface area contributed by atoms with Crippen LogP contribution in [0.4, 0.5) is 4.39 Å². The number of aliphatic imine (C=N–C) groups is 1. The molecule has 138 valence electrons. The van der Waals surface area contributed by atoms with Crippen molar-refractivity contribution in [2.24, 2.45) is 4.99 Å². The molecule has 6 nitrogen and oxygen atoms in total. The molecular weight excluding hydrogens is 333 g/mol. The number of hydrogen-bond acceptors (Lipinski definition) is 4. The van der Waals surface area contributed by atoms with E-state index in [4.69, 9.17) is 10.8 Å². The average molecular weight is 357 g/mol. The molecule has 0 aromatic carbocycles. The van der Waals surface area contributed by atoms with Crippen LogP contribution < -0.4 is 10.8 Å². The van der Waals surface area contributed by atoms with Crippen LogP contribution in [0, 0.1) is 10.8 Å². The van der Waals surface area contributed by atoms with Crippen molar-refractivity contribution in [2.45, 2.75) is 46.5 Å². The van der Waals surface area contributed by atoms with E-state index < -0.39 is 11.7 Å². The second-order valence-electron chi connectivity index (χ2n) is 6.10. The first-order chi connectivity index (χ1) is 12.4. The van der Waals surface area contributed by atoms with E-state index in [2.05, 4.69) is 10.3 Å². The van der Waals surface area contributed by atoms with E-state index in [-0.39, 0.29) is 16.9 Å². The molecule has 0 spiro atoms. The van der Waals surface area contributed by atoms with E-state index in [0.29, 0.717) is 6.42 Å². The van der Waals surface area contributed by atoms with Crippen molar-refractivity contribution in [3.63, 3.8) is 0 Å². The van der Waals surface area contributed by atoms with Gasteiger partial charge in [-0.2, -0.15) is 0 Å². The number of halogens is 1. The second kappa shape index (κ2) is 8.51. The van der Waals surface area contributed by atoms with E-state index in [1.54, 1.807) is 13.0 Å². The van der Waals surface area contributed by atoms with Gasteiger partial charge in [0.1, 0.15) is 17.1 Å². The monoisotopic (exact) mass is 357 g/mol. The number of nitrogens with one attached hydrogen (secondary N) is 3. The number of carbonyl (C=O) groups excluding carboxylic acids is 1. The first-order valence-electron chi connectivity index (χ1n) is 8.62. The predicted molar refractivity (Wildman–Crippen MR) is 100 cm³/mol. The summed E-state index contributed by atoms with van der Waals surface area (Å²) in [7, 11) is 0. The van der Waals surface area contributed by atoms with Gasteiger partial charge in [0, 0.05) is 5.69 Å². The highest BCUT2D eigenvalue weighted by Gasteiger charge is 2.20. The highest BCUT2D eigenvalue weighted by Crippen LogP contribution is 2.20. The highest BCUT2D eigenvalue weighted by atomic mass is 19.1. The number of nitrogens with zero attached hydrogens (tertiary/aromatic N) is 2. The van der Waals surface area contributed by atoms with Crippen LogP contribution in [0.15, 0.2) is 34.4 Å². The number of allylic oxidation sites excluding steroid dienone is 3. The molecule has 3 N–H and O–H groups in total. The van der Waals surface area contributed by atoms with Crippen molar-refractivity contribution in [3.05, 3.63) is 51.7 Å². The molecule has 0 radical (unpaired) electrons. The van der Waals surface area contributed by atoms with E-state index in [0.717, 1.165) is 48.6 Å². The average Bonchev–Trinajstić information content (AvgIpc) is 3.11. The van der Waals surface area contributed by atoms with Gasteiger partial charge in [-0.15, -0.1) is 0 Å². The van der Waals surface area contributed by atoms with Crippen molar-refractivity contribution < 1.29 is 9.18 Å². The molecule has 1 heterocycles. The molecule has 0 saturated heterocycles. The van der Waals surface area contributed by atoms with Crippen molar-refractivity contribution in [2.75, 3.05) is 0 Å². The Hall–Kier alpha value is -2.83. The van der Waals surface area contributed by atoms with Crippen LogP contribution in [0.1, 0.15) is 55.2 Å². The molecule has 26 heavy (non-hydrogen) atoms. The second-order valence-corrected chi connectivity index (χ2v) is 6.10. The van der Waals surface area contributed by atoms with E-state index in [1.807, 2.05) is 13.8 Å². The Kier molecular flexibility index (Phi) is 6.38. The minimum Gasteiger partial charge on any atom is -0.306 e. The Morgan fingerprint density at radius 2 is 2.19 bits per heavy atom. The number of carbonyl (C=O) groups is 1. The van der Waals surface area contributed by atoms with Crippen LogP contribution in [0.25, 0.3) is 0 Å². The highest BCUT2D eigenvalue weighted by molar-refractivity contribution is 5.95. The lowest BCUT2D eigenvalue weighted by atomic mass is 10.1. The Bertz CT molecular complexity index is 877. The van der Waals surface area contributed by atoms with Gasteiger partial charge in [-0.25, -0.2) is 9.38 Å². The lowest BCUT2D eigenvalue weighted by Crippen LogP contribution is -2.34. The summed E-state index contributed by atoms with van der Waals surface area (Å²) in [5.41, 5.74) is 2.84. The fourth-order valence-corrected chi connectivity index (χ4v) is 2.80. The maximum absolute atomic E-state index is 13.4. The summed E-state index contributed by atoms with van der Waals surface area (Å²) < 4.78 is 14.8. The quantitative estimate of drug-likeness (QED) is 0.529. The number of rotatable bonds is 6. The van der Waals surface area contributed by atoms with Gasteiger partial charge in [0.2, 0.25) is 0 Å².